The summed E-state index contributed by atoms with van der Waals surface area (Å²) in [5, 5.41) is 3.66. The summed E-state index contributed by atoms with van der Waals surface area (Å²) >= 11 is 0. The number of benzene rings is 1. The molecule has 1 aromatic rings. The Morgan fingerprint density at radius 2 is 2.00 bits per heavy atom. The predicted octanol–water partition coefficient (Wildman–Crippen LogP) is 2.33. The first kappa shape index (κ1) is 13.8. The third-order valence-corrected chi connectivity index (χ3v) is 3.96. The highest BCUT2D eigenvalue weighted by Gasteiger charge is 2.28. The summed E-state index contributed by atoms with van der Waals surface area (Å²) in [6.45, 7) is 3.41. The molecule has 3 rings (SSSR count). The summed E-state index contributed by atoms with van der Waals surface area (Å²) in [5.74, 6) is -0.656. The van der Waals surface area contributed by atoms with Crippen LogP contribution in [0.4, 0.5) is 5.69 Å². The number of carbonyl (C=O) groups excluding carboxylic acids is 2. The lowest BCUT2D eigenvalue weighted by molar-refractivity contribution is -0.140. The van der Waals surface area contributed by atoms with Gasteiger partial charge < -0.3 is 9.74 Å². The van der Waals surface area contributed by atoms with Crippen LogP contribution in [0, 0.1) is 0 Å². The van der Waals surface area contributed by atoms with Crippen molar-refractivity contribution in [2.24, 2.45) is 5.16 Å². The van der Waals surface area contributed by atoms with E-state index in [1.807, 2.05) is 12.1 Å². The van der Waals surface area contributed by atoms with Crippen molar-refractivity contribution in [1.29, 1.82) is 0 Å². The second-order valence-corrected chi connectivity index (χ2v) is 5.52. The number of hydrogen-bond donors (Lipinski definition) is 0. The molecule has 1 aliphatic carbocycles. The molecule has 5 nitrogen and oxygen atoms in total. The van der Waals surface area contributed by atoms with Gasteiger partial charge in [0, 0.05) is 37.7 Å². The van der Waals surface area contributed by atoms with Gasteiger partial charge in [-0.1, -0.05) is 5.16 Å². The highest BCUT2D eigenvalue weighted by atomic mass is 16.7. The highest BCUT2D eigenvalue weighted by molar-refractivity contribution is 6.49. The maximum atomic E-state index is 12.2. The maximum Gasteiger partial charge on any atom is 0.331 e. The quantitative estimate of drug-likeness (QED) is 0.618. The number of rotatable bonds is 2. The van der Waals surface area contributed by atoms with Crippen LogP contribution in [0.25, 0.3) is 0 Å². The van der Waals surface area contributed by atoms with Crippen LogP contribution in [0.1, 0.15) is 42.1 Å². The zero-order valence-electron chi connectivity index (χ0n) is 12.1. The number of anilines is 1. The van der Waals surface area contributed by atoms with Crippen molar-refractivity contribution in [2.75, 3.05) is 18.0 Å². The van der Waals surface area contributed by atoms with E-state index >= 15 is 0 Å². The van der Waals surface area contributed by atoms with Crippen molar-refractivity contribution >= 4 is 23.2 Å². The molecular formula is C16H18N2O3. The lowest BCUT2D eigenvalue weighted by atomic mass is 10.1. The molecular weight excluding hydrogens is 268 g/mol. The van der Waals surface area contributed by atoms with E-state index < -0.39 is 5.97 Å². The number of ketones is 1. The Labute approximate surface area is 123 Å². The van der Waals surface area contributed by atoms with Gasteiger partial charge in [0.2, 0.25) is 5.78 Å². The molecule has 21 heavy (non-hydrogen) atoms. The molecule has 5 heteroatoms. The summed E-state index contributed by atoms with van der Waals surface area (Å²) in [6.07, 6.45) is 4.16. The Balaban J connectivity index is 1.82. The van der Waals surface area contributed by atoms with E-state index in [0.29, 0.717) is 17.7 Å². The van der Waals surface area contributed by atoms with Crippen molar-refractivity contribution in [3.8, 4) is 0 Å². The molecule has 2 aliphatic rings. The normalized spacial score (nSPS) is 19.8. The minimum atomic E-state index is -0.514. The first-order valence-corrected chi connectivity index (χ1v) is 7.32. The first-order chi connectivity index (χ1) is 10.1. The fraction of sp³-hybridized carbons (Fsp3) is 0.438. The van der Waals surface area contributed by atoms with Crippen LogP contribution >= 0.6 is 0 Å². The molecule has 0 spiro atoms. The molecule has 1 aliphatic heterocycles. The topological polar surface area (TPSA) is 59.0 Å². The van der Waals surface area contributed by atoms with Gasteiger partial charge in [0.15, 0.2) is 0 Å². The second kappa shape index (κ2) is 5.68. The summed E-state index contributed by atoms with van der Waals surface area (Å²) in [6, 6.07) is 5.92. The average molecular weight is 286 g/mol. The van der Waals surface area contributed by atoms with Crippen LogP contribution in [-0.4, -0.2) is 30.6 Å². The van der Waals surface area contributed by atoms with E-state index in [1.165, 1.54) is 26.2 Å². The lowest BCUT2D eigenvalue weighted by Gasteiger charge is -2.29. The third kappa shape index (κ3) is 2.82. The molecule has 1 fully saturated rings. The SMILES string of the molecule is CC(=O)ON=C1Cc2cc(N3CCCCC3)ccc2C1=O. The zero-order valence-corrected chi connectivity index (χ0v) is 12.1. The van der Waals surface area contributed by atoms with E-state index in [9.17, 15) is 9.59 Å². The number of carbonyl (C=O) groups is 2. The van der Waals surface area contributed by atoms with Crippen LogP contribution in [-0.2, 0) is 16.1 Å². The number of oxime groups is 1. The van der Waals surface area contributed by atoms with Gasteiger partial charge in [-0.2, -0.15) is 0 Å². The molecule has 0 bridgehead atoms. The second-order valence-electron chi connectivity index (χ2n) is 5.52. The predicted molar refractivity (Wildman–Crippen MR) is 79.7 cm³/mol. The molecule has 0 aromatic heterocycles. The van der Waals surface area contributed by atoms with Gasteiger partial charge in [-0.25, -0.2) is 4.79 Å². The summed E-state index contributed by atoms with van der Waals surface area (Å²) < 4.78 is 0. The fourth-order valence-corrected chi connectivity index (χ4v) is 2.91. The number of fused-ring (bicyclic) bond motifs is 1. The van der Waals surface area contributed by atoms with Gasteiger partial charge in [-0.15, -0.1) is 0 Å². The standard InChI is InChI=1S/C16H18N2O3/c1-11(19)21-17-15-10-12-9-13(5-6-14(12)16(15)20)18-7-3-2-4-8-18/h5-6,9H,2-4,7-8,10H2,1H3. The molecule has 0 atom stereocenters. The monoisotopic (exact) mass is 286 g/mol. The minimum absolute atomic E-state index is 0.142. The van der Waals surface area contributed by atoms with E-state index in [1.54, 1.807) is 0 Å². The molecule has 1 aromatic carbocycles. The van der Waals surface area contributed by atoms with Gasteiger partial charge in [0.05, 0.1) is 0 Å². The van der Waals surface area contributed by atoms with Crippen molar-refractivity contribution in [2.45, 2.75) is 32.6 Å². The molecule has 1 saturated heterocycles. The number of Topliss-reactive ketones (excluding diaryl/α,β-unsaturated/α-hetero) is 1. The summed E-state index contributed by atoms with van der Waals surface area (Å²) in [5.41, 5.74) is 3.10. The number of piperidine rings is 1. The van der Waals surface area contributed by atoms with Gasteiger partial charge in [0.1, 0.15) is 5.71 Å². The largest absolute Gasteiger partial charge is 0.372 e. The Morgan fingerprint density at radius 3 is 2.71 bits per heavy atom. The van der Waals surface area contributed by atoms with Crippen LogP contribution in [0.15, 0.2) is 23.4 Å². The average Bonchev–Trinajstić information content (AvgIpc) is 2.82. The van der Waals surface area contributed by atoms with Gasteiger partial charge in [-0.3, -0.25) is 4.79 Å². The van der Waals surface area contributed by atoms with Crippen LogP contribution in [0.3, 0.4) is 0 Å². The molecule has 110 valence electrons. The van der Waals surface area contributed by atoms with Crippen LogP contribution in [0.5, 0.6) is 0 Å². The summed E-state index contributed by atoms with van der Waals surface area (Å²) in [4.78, 5) is 29.9. The fourth-order valence-electron chi connectivity index (χ4n) is 2.91. The van der Waals surface area contributed by atoms with E-state index in [2.05, 4.69) is 21.0 Å². The Kier molecular flexibility index (Phi) is 3.73. The smallest absolute Gasteiger partial charge is 0.331 e. The van der Waals surface area contributed by atoms with Gasteiger partial charge in [0.25, 0.3) is 0 Å². The molecule has 1 heterocycles. The van der Waals surface area contributed by atoms with Crippen molar-refractivity contribution in [3.63, 3.8) is 0 Å². The van der Waals surface area contributed by atoms with E-state index in [0.717, 1.165) is 24.3 Å². The van der Waals surface area contributed by atoms with Crippen molar-refractivity contribution in [1.82, 2.24) is 0 Å². The molecule has 0 unspecified atom stereocenters. The Hall–Kier alpha value is -2.17. The van der Waals surface area contributed by atoms with Gasteiger partial charge in [-0.05, 0) is 43.0 Å². The lowest BCUT2D eigenvalue weighted by Crippen LogP contribution is -2.29. The van der Waals surface area contributed by atoms with Crippen molar-refractivity contribution < 1.29 is 14.4 Å². The number of nitrogens with zero attached hydrogens (tertiary/aromatic N) is 2. The Morgan fingerprint density at radius 1 is 1.24 bits per heavy atom. The number of hydrogen-bond acceptors (Lipinski definition) is 5. The van der Waals surface area contributed by atoms with E-state index in [-0.39, 0.29) is 5.78 Å². The zero-order chi connectivity index (χ0) is 14.8. The molecule has 0 amide bonds. The highest BCUT2D eigenvalue weighted by Crippen LogP contribution is 2.27. The first-order valence-electron chi connectivity index (χ1n) is 7.32. The molecule has 0 N–H and O–H groups in total. The van der Waals surface area contributed by atoms with E-state index in [4.69, 9.17) is 0 Å². The third-order valence-electron chi connectivity index (χ3n) is 3.96. The molecule has 0 radical (unpaired) electrons. The van der Waals surface area contributed by atoms with Crippen LogP contribution in [0.2, 0.25) is 0 Å². The van der Waals surface area contributed by atoms with Crippen molar-refractivity contribution in [3.05, 3.63) is 29.3 Å². The van der Waals surface area contributed by atoms with Gasteiger partial charge >= 0.3 is 5.97 Å². The molecule has 0 saturated carbocycles. The summed E-state index contributed by atoms with van der Waals surface area (Å²) in [7, 11) is 0. The van der Waals surface area contributed by atoms with Crippen LogP contribution < -0.4 is 4.90 Å². The maximum absolute atomic E-state index is 12.2. The Bertz CT molecular complexity index is 616. The minimum Gasteiger partial charge on any atom is -0.372 e.